The largest absolute Gasteiger partial charge is 0.448 e. The van der Waals surface area contributed by atoms with Crippen LogP contribution in [0.25, 0.3) is 0 Å². The zero-order valence-electron chi connectivity index (χ0n) is 13.6. The fourth-order valence-electron chi connectivity index (χ4n) is 2.60. The summed E-state index contributed by atoms with van der Waals surface area (Å²) in [5, 5.41) is 4.35. The van der Waals surface area contributed by atoms with Gasteiger partial charge in [-0.3, -0.25) is 10.1 Å². The highest BCUT2D eigenvalue weighted by atomic mass is 32.1. The van der Waals surface area contributed by atoms with Crippen LogP contribution >= 0.6 is 11.3 Å². The number of fused-ring (bicyclic) bond motifs is 1. The summed E-state index contributed by atoms with van der Waals surface area (Å²) in [7, 11) is 1.40. The molecule has 0 aliphatic heterocycles. The van der Waals surface area contributed by atoms with Crippen molar-refractivity contribution in [2.75, 3.05) is 7.05 Å². The number of carbonyl (C=O) groups excluding carboxylic acids is 3. The molecule has 1 aliphatic carbocycles. The van der Waals surface area contributed by atoms with Gasteiger partial charge in [0.25, 0.3) is 5.91 Å². The van der Waals surface area contributed by atoms with Crippen LogP contribution in [-0.2, 0) is 22.4 Å². The number of hydrogen-bond donors (Lipinski definition) is 2. The van der Waals surface area contributed by atoms with E-state index in [4.69, 9.17) is 4.74 Å². The molecule has 2 atom stereocenters. The van der Waals surface area contributed by atoms with Crippen LogP contribution in [0, 0.1) is 5.92 Å². The van der Waals surface area contributed by atoms with E-state index in [1.807, 2.05) is 6.07 Å². The molecule has 0 radical (unpaired) electrons. The third kappa shape index (κ3) is 4.31. The van der Waals surface area contributed by atoms with Gasteiger partial charge in [0.2, 0.25) is 0 Å². The molecule has 0 unspecified atom stereocenters. The lowest BCUT2D eigenvalue weighted by molar-refractivity contribution is -0.127. The average Bonchev–Trinajstić information content (AvgIpc) is 2.97. The molecule has 2 N–H and O–H groups in total. The van der Waals surface area contributed by atoms with E-state index in [-0.39, 0.29) is 0 Å². The van der Waals surface area contributed by atoms with E-state index in [1.165, 1.54) is 35.7 Å². The monoisotopic (exact) mass is 338 g/mol. The van der Waals surface area contributed by atoms with Gasteiger partial charge in [0.05, 0.1) is 0 Å². The topological polar surface area (TPSA) is 84.5 Å². The number of nitrogens with one attached hydrogen (secondary N) is 2. The molecular formula is C16H22N2O4S. The van der Waals surface area contributed by atoms with E-state index in [2.05, 4.69) is 17.6 Å². The van der Waals surface area contributed by atoms with Gasteiger partial charge in [0, 0.05) is 11.9 Å². The van der Waals surface area contributed by atoms with Gasteiger partial charge in [0.15, 0.2) is 6.10 Å². The lowest BCUT2D eigenvalue weighted by Crippen LogP contribution is -2.43. The zero-order chi connectivity index (χ0) is 17.0. The minimum Gasteiger partial charge on any atom is -0.448 e. The van der Waals surface area contributed by atoms with E-state index in [0.717, 1.165) is 25.7 Å². The van der Waals surface area contributed by atoms with Crippen molar-refractivity contribution >= 4 is 29.2 Å². The lowest BCUT2D eigenvalue weighted by atomic mass is 9.87. The van der Waals surface area contributed by atoms with Gasteiger partial charge in [-0.2, -0.15) is 0 Å². The summed E-state index contributed by atoms with van der Waals surface area (Å²) in [5.74, 6) is -0.486. The molecule has 0 fully saturated rings. The second kappa shape index (κ2) is 7.59. The number of amides is 3. The standard InChI is InChI=1S/C16H22N2O4S/c1-4-10-5-6-12-11(7-10)8-13(23-12)15(20)22-9(2)14(19)18-16(21)17-3/h8-10H,4-7H2,1-3H3,(H2,17,18,19,21)/t9-,10+/m1/s1. The van der Waals surface area contributed by atoms with Gasteiger partial charge in [0.1, 0.15) is 4.88 Å². The fraction of sp³-hybridized carbons (Fsp3) is 0.562. The Hall–Kier alpha value is -1.89. The van der Waals surface area contributed by atoms with Crippen LogP contribution in [0.2, 0.25) is 0 Å². The second-order valence-electron chi connectivity index (χ2n) is 5.69. The number of imide groups is 1. The summed E-state index contributed by atoms with van der Waals surface area (Å²) in [4.78, 5) is 36.8. The highest BCUT2D eigenvalue weighted by Crippen LogP contribution is 2.33. The molecule has 7 heteroatoms. The summed E-state index contributed by atoms with van der Waals surface area (Å²) in [6, 6.07) is 1.25. The van der Waals surface area contributed by atoms with Crippen molar-refractivity contribution in [1.82, 2.24) is 10.6 Å². The molecule has 6 nitrogen and oxygen atoms in total. The van der Waals surface area contributed by atoms with Crippen molar-refractivity contribution in [1.29, 1.82) is 0 Å². The van der Waals surface area contributed by atoms with Crippen LogP contribution in [0.3, 0.4) is 0 Å². The zero-order valence-corrected chi connectivity index (χ0v) is 14.4. The fourth-order valence-corrected chi connectivity index (χ4v) is 3.69. The first-order valence-corrected chi connectivity index (χ1v) is 8.61. The van der Waals surface area contributed by atoms with Crippen LogP contribution < -0.4 is 10.6 Å². The van der Waals surface area contributed by atoms with Gasteiger partial charge >= 0.3 is 12.0 Å². The van der Waals surface area contributed by atoms with Crippen LogP contribution in [0.15, 0.2) is 6.07 Å². The van der Waals surface area contributed by atoms with Crippen molar-refractivity contribution in [3.05, 3.63) is 21.4 Å². The molecular weight excluding hydrogens is 316 g/mol. The first-order valence-electron chi connectivity index (χ1n) is 7.79. The molecule has 23 heavy (non-hydrogen) atoms. The predicted octanol–water partition coefficient (Wildman–Crippen LogP) is 2.26. The number of ether oxygens (including phenoxy) is 1. The molecule has 0 saturated heterocycles. The SMILES string of the molecule is CC[C@H]1CCc2sc(C(=O)O[C@H](C)C(=O)NC(=O)NC)cc2C1. The van der Waals surface area contributed by atoms with Crippen molar-refractivity contribution in [3.8, 4) is 0 Å². The molecule has 1 aromatic heterocycles. The van der Waals surface area contributed by atoms with Gasteiger partial charge in [-0.25, -0.2) is 9.59 Å². The Morgan fingerprint density at radius 2 is 2.17 bits per heavy atom. The quantitative estimate of drug-likeness (QED) is 0.825. The number of aryl methyl sites for hydroxylation is 1. The van der Waals surface area contributed by atoms with Crippen molar-refractivity contribution < 1.29 is 19.1 Å². The van der Waals surface area contributed by atoms with E-state index in [1.54, 1.807) is 0 Å². The number of carbonyl (C=O) groups is 3. The normalized spacial score (nSPS) is 17.8. The van der Waals surface area contributed by atoms with Gasteiger partial charge in [-0.15, -0.1) is 11.3 Å². The first kappa shape index (κ1) is 17.5. The van der Waals surface area contributed by atoms with E-state index >= 15 is 0 Å². The van der Waals surface area contributed by atoms with Crippen molar-refractivity contribution in [2.45, 2.75) is 45.6 Å². The van der Waals surface area contributed by atoms with Gasteiger partial charge in [-0.05, 0) is 43.7 Å². The molecule has 1 heterocycles. The summed E-state index contributed by atoms with van der Waals surface area (Å²) in [6.07, 6.45) is 3.28. The van der Waals surface area contributed by atoms with E-state index < -0.39 is 24.0 Å². The van der Waals surface area contributed by atoms with Crippen molar-refractivity contribution in [3.63, 3.8) is 0 Å². The highest BCUT2D eigenvalue weighted by Gasteiger charge is 2.25. The Bertz CT molecular complexity index is 611. The molecule has 1 aliphatic rings. The molecule has 0 saturated carbocycles. The van der Waals surface area contributed by atoms with Crippen LogP contribution in [0.1, 0.15) is 46.8 Å². The number of esters is 1. The highest BCUT2D eigenvalue weighted by molar-refractivity contribution is 7.14. The Kier molecular flexibility index (Phi) is 5.76. The second-order valence-corrected chi connectivity index (χ2v) is 6.83. The molecule has 1 aromatic rings. The smallest absolute Gasteiger partial charge is 0.349 e. The molecule has 0 bridgehead atoms. The maximum atomic E-state index is 12.2. The molecule has 0 aromatic carbocycles. The van der Waals surface area contributed by atoms with Crippen LogP contribution in [0.5, 0.6) is 0 Å². The van der Waals surface area contributed by atoms with E-state index in [9.17, 15) is 14.4 Å². The van der Waals surface area contributed by atoms with Gasteiger partial charge in [-0.1, -0.05) is 13.3 Å². The molecule has 0 spiro atoms. The van der Waals surface area contributed by atoms with E-state index in [0.29, 0.717) is 10.8 Å². The Labute approximate surface area is 139 Å². The minimum atomic E-state index is -1.03. The maximum absolute atomic E-state index is 12.2. The Morgan fingerprint density at radius 1 is 1.43 bits per heavy atom. The Balaban J connectivity index is 1.97. The first-order chi connectivity index (χ1) is 10.9. The summed E-state index contributed by atoms with van der Waals surface area (Å²) >= 11 is 1.44. The number of rotatable bonds is 4. The maximum Gasteiger partial charge on any atom is 0.349 e. The summed E-state index contributed by atoms with van der Waals surface area (Å²) in [6.45, 7) is 3.63. The summed E-state index contributed by atoms with van der Waals surface area (Å²) < 4.78 is 5.15. The summed E-state index contributed by atoms with van der Waals surface area (Å²) in [5.41, 5.74) is 1.22. The molecule has 3 amide bonds. The third-order valence-electron chi connectivity index (χ3n) is 4.08. The lowest BCUT2D eigenvalue weighted by Gasteiger charge is -2.19. The van der Waals surface area contributed by atoms with Crippen LogP contribution in [-0.4, -0.2) is 31.1 Å². The number of hydrogen-bond acceptors (Lipinski definition) is 5. The number of urea groups is 1. The average molecular weight is 338 g/mol. The minimum absolute atomic E-state index is 0.517. The Morgan fingerprint density at radius 3 is 2.83 bits per heavy atom. The molecule has 2 rings (SSSR count). The predicted molar refractivity (Wildman–Crippen MR) is 87.6 cm³/mol. The van der Waals surface area contributed by atoms with Crippen LogP contribution in [0.4, 0.5) is 4.79 Å². The van der Waals surface area contributed by atoms with Gasteiger partial charge < -0.3 is 10.1 Å². The van der Waals surface area contributed by atoms with Crippen molar-refractivity contribution in [2.24, 2.45) is 5.92 Å². The number of thiophene rings is 1. The third-order valence-corrected chi connectivity index (χ3v) is 5.30. The molecule has 126 valence electrons.